The van der Waals surface area contributed by atoms with Crippen LogP contribution in [0.3, 0.4) is 0 Å². The smallest absolute Gasteiger partial charge is 0.165 e. The van der Waals surface area contributed by atoms with E-state index >= 15 is 0 Å². The lowest BCUT2D eigenvalue weighted by Gasteiger charge is -2.13. The molecule has 0 aromatic carbocycles. The summed E-state index contributed by atoms with van der Waals surface area (Å²) in [4.78, 5) is 5.81. The van der Waals surface area contributed by atoms with Crippen molar-refractivity contribution < 1.29 is 0 Å². The predicted molar refractivity (Wildman–Crippen MR) is 60.4 cm³/mol. The third kappa shape index (κ3) is 2.97. The van der Waals surface area contributed by atoms with Gasteiger partial charge in [0.05, 0.1) is 5.69 Å². The van der Waals surface area contributed by atoms with Gasteiger partial charge in [-0.05, 0) is 25.8 Å². The van der Waals surface area contributed by atoms with Gasteiger partial charge in [0.1, 0.15) is 0 Å². The maximum atomic E-state index is 4.49. The first-order valence-corrected chi connectivity index (χ1v) is 6.13. The molecule has 0 atom stereocenters. The Kier molecular flexibility index (Phi) is 4.22. The molecule has 1 aromatic rings. The predicted octanol–water partition coefficient (Wildman–Crippen LogP) is 3.11. The van der Waals surface area contributed by atoms with Crippen molar-refractivity contribution >= 4 is 23.3 Å². The van der Waals surface area contributed by atoms with Crippen LogP contribution in [0.1, 0.15) is 24.4 Å². The molecule has 0 radical (unpaired) electrons. The summed E-state index contributed by atoms with van der Waals surface area (Å²) < 4.78 is 3.47. The summed E-state index contributed by atoms with van der Waals surface area (Å²) in [5.41, 5.74) is 1.17. The second-order valence-electron chi connectivity index (χ2n) is 2.83. The zero-order chi connectivity index (χ0) is 9.84. The molecule has 13 heavy (non-hydrogen) atoms. The molecular weight excluding hydrogens is 200 g/mol. The molecule has 0 amide bonds. The molecule has 0 bridgehead atoms. The highest BCUT2D eigenvalue weighted by Gasteiger charge is 2.07. The molecule has 0 saturated carbocycles. The van der Waals surface area contributed by atoms with E-state index in [4.69, 9.17) is 0 Å². The number of hydrogen-bond acceptors (Lipinski definition) is 4. The number of nitrogens with zero attached hydrogens (tertiary/aromatic N) is 2. The van der Waals surface area contributed by atoms with Gasteiger partial charge in [0.25, 0.3) is 0 Å². The van der Waals surface area contributed by atoms with Crippen LogP contribution in [0.15, 0.2) is 4.34 Å². The topological polar surface area (TPSA) is 16.1 Å². The highest BCUT2D eigenvalue weighted by Crippen LogP contribution is 2.28. The van der Waals surface area contributed by atoms with Crippen LogP contribution in [0.25, 0.3) is 0 Å². The zero-order valence-electron chi connectivity index (χ0n) is 8.63. The maximum absolute atomic E-state index is 4.49. The fourth-order valence-electron chi connectivity index (χ4n) is 0.945. The zero-order valence-corrected chi connectivity index (χ0v) is 10.3. The van der Waals surface area contributed by atoms with Crippen LogP contribution in [0.4, 0.5) is 0 Å². The van der Waals surface area contributed by atoms with Crippen molar-refractivity contribution in [2.45, 2.75) is 32.0 Å². The summed E-state index contributed by atoms with van der Waals surface area (Å²) in [5, 5.41) is 0. The third-order valence-corrected chi connectivity index (χ3v) is 4.28. The quantitative estimate of drug-likeness (QED) is 0.719. The fraction of sp³-hybridized carbons (Fsp3) is 0.667. The van der Waals surface area contributed by atoms with Gasteiger partial charge in [0.15, 0.2) is 4.34 Å². The van der Waals surface area contributed by atoms with Gasteiger partial charge in [0, 0.05) is 18.0 Å². The van der Waals surface area contributed by atoms with E-state index in [1.807, 2.05) is 0 Å². The van der Waals surface area contributed by atoms with E-state index < -0.39 is 0 Å². The van der Waals surface area contributed by atoms with Gasteiger partial charge < -0.3 is 0 Å². The molecule has 0 aliphatic heterocycles. The molecular formula is C9H16N2S2. The van der Waals surface area contributed by atoms with Crippen molar-refractivity contribution in [1.29, 1.82) is 0 Å². The van der Waals surface area contributed by atoms with Crippen molar-refractivity contribution in [3.05, 3.63) is 10.6 Å². The van der Waals surface area contributed by atoms with Gasteiger partial charge in [-0.2, -0.15) is 0 Å². The lowest BCUT2D eigenvalue weighted by atomic mass is 10.4. The van der Waals surface area contributed by atoms with Gasteiger partial charge in [-0.25, -0.2) is 9.29 Å². The van der Waals surface area contributed by atoms with Gasteiger partial charge in [0.2, 0.25) is 0 Å². The molecule has 0 spiro atoms. The van der Waals surface area contributed by atoms with Crippen LogP contribution < -0.4 is 0 Å². The van der Waals surface area contributed by atoms with Crippen molar-refractivity contribution in [2.24, 2.45) is 0 Å². The summed E-state index contributed by atoms with van der Waals surface area (Å²) in [6.07, 6.45) is 0. The molecule has 2 nitrogen and oxygen atoms in total. The molecule has 0 fully saturated rings. The second-order valence-corrected chi connectivity index (χ2v) is 5.37. The summed E-state index contributed by atoms with van der Waals surface area (Å²) in [7, 11) is 0. The number of thiazole rings is 1. The highest BCUT2D eigenvalue weighted by molar-refractivity contribution is 7.98. The van der Waals surface area contributed by atoms with Crippen molar-refractivity contribution in [1.82, 2.24) is 9.29 Å². The molecule has 1 heterocycles. The summed E-state index contributed by atoms with van der Waals surface area (Å²) in [6, 6.07) is 0. The number of aromatic nitrogens is 1. The first kappa shape index (κ1) is 11.0. The molecule has 0 aliphatic rings. The Labute approximate surface area is 88.5 Å². The van der Waals surface area contributed by atoms with Crippen LogP contribution in [0, 0.1) is 13.8 Å². The van der Waals surface area contributed by atoms with Gasteiger partial charge in [-0.15, -0.1) is 11.3 Å². The van der Waals surface area contributed by atoms with Crippen LogP contribution in [-0.2, 0) is 0 Å². The van der Waals surface area contributed by atoms with Gasteiger partial charge >= 0.3 is 0 Å². The van der Waals surface area contributed by atoms with Gasteiger partial charge in [-0.1, -0.05) is 13.8 Å². The summed E-state index contributed by atoms with van der Waals surface area (Å²) >= 11 is 3.55. The number of rotatable bonds is 4. The summed E-state index contributed by atoms with van der Waals surface area (Å²) in [5.74, 6) is 0. The standard InChI is InChI=1S/C9H16N2S2/c1-5-11(6-2)13-9-10-7(3)8(4)12-9/h5-6H2,1-4H3. The molecule has 0 saturated heterocycles. The van der Waals surface area contributed by atoms with E-state index in [1.165, 1.54) is 14.9 Å². The fourth-order valence-corrected chi connectivity index (χ4v) is 3.08. The average molecular weight is 216 g/mol. The number of aryl methyl sites for hydroxylation is 2. The molecule has 0 N–H and O–H groups in total. The lowest BCUT2D eigenvalue weighted by Crippen LogP contribution is -2.13. The van der Waals surface area contributed by atoms with Crippen molar-refractivity contribution in [3.63, 3.8) is 0 Å². The average Bonchev–Trinajstić information content (AvgIpc) is 2.42. The molecule has 0 aliphatic carbocycles. The molecule has 4 heteroatoms. The minimum absolute atomic E-state index is 1.07. The Morgan fingerprint density at radius 3 is 2.31 bits per heavy atom. The Bertz CT molecular complexity index is 247. The minimum atomic E-state index is 1.07. The van der Waals surface area contributed by atoms with Crippen LogP contribution in [-0.4, -0.2) is 22.4 Å². The van der Waals surface area contributed by atoms with E-state index in [0.29, 0.717) is 0 Å². The SMILES string of the molecule is CCN(CC)Sc1nc(C)c(C)s1. The van der Waals surface area contributed by atoms with Crippen LogP contribution in [0.5, 0.6) is 0 Å². The van der Waals surface area contributed by atoms with Crippen LogP contribution in [0.2, 0.25) is 0 Å². The monoisotopic (exact) mass is 216 g/mol. The minimum Gasteiger partial charge on any atom is -0.245 e. The maximum Gasteiger partial charge on any atom is 0.165 e. The first-order chi connectivity index (χ1) is 6.17. The van der Waals surface area contributed by atoms with Crippen molar-refractivity contribution in [3.8, 4) is 0 Å². The highest BCUT2D eigenvalue weighted by atomic mass is 32.2. The lowest BCUT2D eigenvalue weighted by molar-refractivity contribution is 0.524. The molecule has 1 aromatic heterocycles. The van der Waals surface area contributed by atoms with E-state index in [0.717, 1.165) is 13.1 Å². The molecule has 0 unspecified atom stereocenters. The van der Waals surface area contributed by atoms with E-state index in [-0.39, 0.29) is 0 Å². The van der Waals surface area contributed by atoms with Crippen molar-refractivity contribution in [2.75, 3.05) is 13.1 Å². The van der Waals surface area contributed by atoms with E-state index in [9.17, 15) is 0 Å². The normalized spacial score (nSPS) is 11.2. The second kappa shape index (κ2) is 4.98. The Hall–Kier alpha value is -0.0600. The first-order valence-electron chi connectivity index (χ1n) is 4.54. The number of hydrogen-bond donors (Lipinski definition) is 0. The Morgan fingerprint density at radius 1 is 1.31 bits per heavy atom. The molecule has 1 rings (SSSR count). The van der Waals surface area contributed by atoms with Crippen LogP contribution >= 0.6 is 23.3 Å². The summed E-state index contributed by atoms with van der Waals surface area (Å²) in [6.45, 7) is 10.7. The Morgan fingerprint density at radius 2 is 1.92 bits per heavy atom. The Balaban J connectivity index is 2.62. The van der Waals surface area contributed by atoms with E-state index in [2.05, 4.69) is 37.0 Å². The molecule has 74 valence electrons. The largest absolute Gasteiger partial charge is 0.245 e. The van der Waals surface area contributed by atoms with E-state index in [1.54, 1.807) is 23.3 Å². The van der Waals surface area contributed by atoms with Gasteiger partial charge in [-0.3, -0.25) is 0 Å². The third-order valence-electron chi connectivity index (χ3n) is 1.92.